The van der Waals surface area contributed by atoms with Gasteiger partial charge in [0.2, 0.25) is 15.9 Å². The van der Waals surface area contributed by atoms with Crippen LogP contribution in [0.15, 0.2) is 48.5 Å². The van der Waals surface area contributed by atoms with E-state index in [2.05, 4.69) is 5.32 Å². The molecule has 0 bridgehead atoms. The third-order valence-corrected chi connectivity index (χ3v) is 4.97. The first-order valence-electron chi connectivity index (χ1n) is 9.03. The number of hydrogen-bond donors (Lipinski definition) is 1. The van der Waals surface area contributed by atoms with Crippen molar-refractivity contribution >= 4 is 21.6 Å². The lowest BCUT2D eigenvalue weighted by molar-refractivity contribution is -0.119. The first kappa shape index (κ1) is 21.6. The Kier molecular flexibility index (Phi) is 7.69. The van der Waals surface area contributed by atoms with Crippen LogP contribution in [0.1, 0.15) is 19.4 Å². The quantitative estimate of drug-likeness (QED) is 0.656. The molecular formula is C20H26N2O5S. The highest BCUT2D eigenvalue weighted by Crippen LogP contribution is 2.29. The van der Waals surface area contributed by atoms with Gasteiger partial charge in [-0.2, -0.15) is 0 Å². The Morgan fingerprint density at radius 1 is 1.00 bits per heavy atom. The molecule has 1 amide bonds. The van der Waals surface area contributed by atoms with Crippen molar-refractivity contribution in [2.24, 2.45) is 0 Å². The highest BCUT2D eigenvalue weighted by atomic mass is 32.2. The topological polar surface area (TPSA) is 84.9 Å². The largest absolute Gasteiger partial charge is 0.494 e. The van der Waals surface area contributed by atoms with Crippen molar-refractivity contribution in [3.63, 3.8) is 0 Å². The van der Waals surface area contributed by atoms with Crippen molar-refractivity contribution in [1.82, 2.24) is 5.32 Å². The lowest BCUT2D eigenvalue weighted by Gasteiger charge is -2.24. The van der Waals surface area contributed by atoms with E-state index in [-0.39, 0.29) is 13.1 Å². The number of nitrogens with zero attached hydrogens (tertiary/aromatic N) is 1. The number of hydrogen-bond acceptors (Lipinski definition) is 5. The Hall–Kier alpha value is -2.74. The maximum atomic E-state index is 12.4. The molecule has 0 saturated carbocycles. The Morgan fingerprint density at radius 2 is 1.64 bits per heavy atom. The van der Waals surface area contributed by atoms with Crippen molar-refractivity contribution in [3.05, 3.63) is 54.1 Å². The van der Waals surface area contributed by atoms with Gasteiger partial charge in [-0.1, -0.05) is 24.3 Å². The number of para-hydroxylation sites is 2. The summed E-state index contributed by atoms with van der Waals surface area (Å²) >= 11 is 0. The Morgan fingerprint density at radius 3 is 2.25 bits per heavy atom. The van der Waals surface area contributed by atoms with Crippen molar-refractivity contribution in [3.8, 4) is 11.5 Å². The number of carbonyl (C=O) groups is 1. The molecule has 0 fully saturated rings. The molecule has 0 radical (unpaired) electrons. The second-order valence-corrected chi connectivity index (χ2v) is 7.93. The average molecular weight is 407 g/mol. The zero-order chi connectivity index (χ0) is 20.6. The molecule has 0 unspecified atom stereocenters. The smallest absolute Gasteiger partial charge is 0.241 e. The van der Waals surface area contributed by atoms with Crippen LogP contribution in [0.5, 0.6) is 11.5 Å². The zero-order valence-corrected chi connectivity index (χ0v) is 17.2. The summed E-state index contributed by atoms with van der Waals surface area (Å²) in [5, 5.41) is 2.75. The molecule has 0 heterocycles. The lowest BCUT2D eigenvalue weighted by Crippen LogP contribution is -2.40. The summed E-state index contributed by atoms with van der Waals surface area (Å²) in [5.74, 6) is 0.758. The van der Waals surface area contributed by atoms with Gasteiger partial charge in [0, 0.05) is 6.54 Å². The van der Waals surface area contributed by atoms with Crippen LogP contribution in [0.2, 0.25) is 0 Å². The van der Waals surface area contributed by atoms with E-state index in [9.17, 15) is 13.2 Å². The van der Waals surface area contributed by atoms with E-state index < -0.39 is 15.9 Å². The fraction of sp³-hybridized carbons (Fsp3) is 0.350. The van der Waals surface area contributed by atoms with Gasteiger partial charge < -0.3 is 14.8 Å². The van der Waals surface area contributed by atoms with Gasteiger partial charge in [0.25, 0.3) is 0 Å². The first-order valence-corrected chi connectivity index (χ1v) is 10.9. The Balaban J connectivity index is 2.08. The fourth-order valence-corrected chi connectivity index (χ4v) is 3.44. The number of rotatable bonds is 10. The fourth-order valence-electron chi connectivity index (χ4n) is 2.58. The number of sulfonamides is 1. The summed E-state index contributed by atoms with van der Waals surface area (Å²) in [6.45, 7) is 4.64. The minimum atomic E-state index is -3.67. The van der Waals surface area contributed by atoms with Crippen LogP contribution < -0.4 is 19.1 Å². The van der Waals surface area contributed by atoms with Gasteiger partial charge >= 0.3 is 0 Å². The highest BCUT2D eigenvalue weighted by molar-refractivity contribution is 7.92. The molecule has 0 aliphatic heterocycles. The summed E-state index contributed by atoms with van der Waals surface area (Å²) in [6.07, 6.45) is 1.06. The summed E-state index contributed by atoms with van der Waals surface area (Å²) in [5.41, 5.74) is 1.22. The lowest BCUT2D eigenvalue weighted by atomic mass is 10.2. The van der Waals surface area contributed by atoms with Gasteiger partial charge in [-0.25, -0.2) is 8.42 Å². The van der Waals surface area contributed by atoms with Gasteiger partial charge in [0.15, 0.2) is 0 Å². The minimum Gasteiger partial charge on any atom is -0.494 e. The molecule has 28 heavy (non-hydrogen) atoms. The molecule has 0 aliphatic carbocycles. The summed E-state index contributed by atoms with van der Waals surface area (Å²) in [4.78, 5) is 12.4. The third-order valence-electron chi connectivity index (χ3n) is 3.85. The minimum absolute atomic E-state index is 0.288. The predicted molar refractivity (Wildman–Crippen MR) is 109 cm³/mol. The van der Waals surface area contributed by atoms with Gasteiger partial charge in [0.05, 0.1) is 25.2 Å². The van der Waals surface area contributed by atoms with Gasteiger partial charge in [-0.05, 0) is 43.7 Å². The summed E-state index contributed by atoms with van der Waals surface area (Å²) < 4.78 is 36.5. The van der Waals surface area contributed by atoms with E-state index in [4.69, 9.17) is 9.47 Å². The van der Waals surface area contributed by atoms with Gasteiger partial charge in [-0.3, -0.25) is 9.10 Å². The molecule has 2 rings (SSSR count). The number of nitrogens with one attached hydrogen (secondary N) is 1. The molecule has 8 heteroatoms. The van der Waals surface area contributed by atoms with E-state index in [1.165, 1.54) is 0 Å². The molecule has 1 N–H and O–H groups in total. The van der Waals surface area contributed by atoms with E-state index >= 15 is 0 Å². The molecule has 0 aliphatic rings. The predicted octanol–water partition coefficient (Wildman–Crippen LogP) is 2.57. The number of ether oxygens (including phenoxy) is 2. The molecular weight excluding hydrogens is 380 g/mol. The molecule has 2 aromatic carbocycles. The standard InChI is InChI=1S/C20H26N2O5S/c1-4-26-17-12-10-16(11-13-17)14-21-20(23)15-22(28(3,24)25)18-8-6-7-9-19(18)27-5-2/h6-13H,4-5,14-15H2,1-3H3,(H,21,23). The monoisotopic (exact) mass is 406 g/mol. The van der Waals surface area contributed by atoms with E-state index in [1.807, 2.05) is 38.1 Å². The maximum Gasteiger partial charge on any atom is 0.241 e. The van der Waals surface area contributed by atoms with Crippen LogP contribution in [-0.4, -0.2) is 40.3 Å². The normalized spacial score (nSPS) is 11.0. The van der Waals surface area contributed by atoms with E-state index in [1.54, 1.807) is 24.3 Å². The number of benzene rings is 2. The summed E-state index contributed by atoms with van der Waals surface area (Å²) in [6, 6.07) is 14.1. The van der Waals surface area contributed by atoms with Crippen LogP contribution in [0.3, 0.4) is 0 Å². The number of carbonyl (C=O) groups excluding carboxylic acids is 1. The maximum absolute atomic E-state index is 12.4. The number of amides is 1. The summed E-state index contributed by atoms with van der Waals surface area (Å²) in [7, 11) is -3.67. The van der Waals surface area contributed by atoms with Crippen LogP contribution >= 0.6 is 0 Å². The van der Waals surface area contributed by atoms with Crippen LogP contribution in [0.4, 0.5) is 5.69 Å². The van der Waals surface area contributed by atoms with Gasteiger partial charge in [-0.15, -0.1) is 0 Å². The molecule has 152 valence electrons. The Labute approximate surface area is 166 Å². The van der Waals surface area contributed by atoms with Crippen molar-refractivity contribution in [1.29, 1.82) is 0 Å². The zero-order valence-electron chi connectivity index (χ0n) is 16.3. The first-order chi connectivity index (χ1) is 13.3. The highest BCUT2D eigenvalue weighted by Gasteiger charge is 2.23. The molecule has 0 saturated heterocycles. The van der Waals surface area contributed by atoms with Crippen LogP contribution in [0.25, 0.3) is 0 Å². The van der Waals surface area contributed by atoms with Crippen molar-refractivity contribution in [2.75, 3.05) is 30.3 Å². The third kappa shape index (κ3) is 6.16. The molecule has 0 atom stereocenters. The molecule has 0 aromatic heterocycles. The van der Waals surface area contributed by atoms with Crippen LogP contribution in [0, 0.1) is 0 Å². The second-order valence-electron chi connectivity index (χ2n) is 6.02. The Bertz CT molecular complexity index is 882. The van der Waals surface area contributed by atoms with Crippen molar-refractivity contribution < 1.29 is 22.7 Å². The second kappa shape index (κ2) is 9.98. The SMILES string of the molecule is CCOc1ccc(CNC(=O)CN(c2ccccc2OCC)S(C)(=O)=O)cc1. The van der Waals surface area contributed by atoms with E-state index in [0.717, 1.165) is 21.9 Å². The van der Waals surface area contributed by atoms with Gasteiger partial charge in [0.1, 0.15) is 18.0 Å². The molecule has 7 nitrogen and oxygen atoms in total. The van der Waals surface area contributed by atoms with Crippen LogP contribution in [-0.2, 0) is 21.4 Å². The molecule has 0 spiro atoms. The van der Waals surface area contributed by atoms with E-state index in [0.29, 0.717) is 24.7 Å². The molecule has 2 aromatic rings. The average Bonchev–Trinajstić information content (AvgIpc) is 2.66. The van der Waals surface area contributed by atoms with Crippen molar-refractivity contribution in [2.45, 2.75) is 20.4 Å². The number of anilines is 1.